The summed E-state index contributed by atoms with van der Waals surface area (Å²) in [4.78, 5) is 26.2. The van der Waals surface area contributed by atoms with E-state index in [-0.39, 0.29) is 17.6 Å². The molecular weight excluding hydrogens is 358 g/mol. The van der Waals surface area contributed by atoms with E-state index in [0.29, 0.717) is 27.9 Å². The van der Waals surface area contributed by atoms with Crippen molar-refractivity contribution in [2.75, 3.05) is 5.32 Å². The maximum atomic E-state index is 13.2. The Labute approximate surface area is 169 Å². The molecule has 29 heavy (non-hydrogen) atoms. The van der Waals surface area contributed by atoms with Gasteiger partial charge in [-0.05, 0) is 29.3 Å². The molecule has 0 aromatic heterocycles. The van der Waals surface area contributed by atoms with Crippen molar-refractivity contribution >= 4 is 28.0 Å². The highest BCUT2D eigenvalue weighted by Gasteiger charge is 2.31. The number of hydrogen-bond donors (Lipinski definition) is 1. The fourth-order valence-electron chi connectivity index (χ4n) is 4.20. The number of fused-ring (bicyclic) bond motifs is 3. The zero-order valence-corrected chi connectivity index (χ0v) is 16.0. The molecule has 4 aromatic rings. The summed E-state index contributed by atoms with van der Waals surface area (Å²) in [6.45, 7) is 2.07. The molecule has 1 atom stereocenters. The van der Waals surface area contributed by atoms with Crippen LogP contribution in [0.5, 0.6) is 0 Å². The minimum Gasteiger partial charge on any atom is -0.378 e. The van der Waals surface area contributed by atoms with E-state index in [9.17, 15) is 9.59 Å². The van der Waals surface area contributed by atoms with Gasteiger partial charge >= 0.3 is 0 Å². The maximum absolute atomic E-state index is 13.2. The predicted octanol–water partition coefficient (Wildman–Crippen LogP) is 5.79. The van der Waals surface area contributed by atoms with Gasteiger partial charge in [0.2, 0.25) is 0 Å². The molecule has 3 nitrogen and oxygen atoms in total. The molecule has 5 rings (SSSR count). The molecule has 0 aliphatic heterocycles. The van der Waals surface area contributed by atoms with Crippen LogP contribution < -0.4 is 5.32 Å². The second-order valence-corrected chi connectivity index (χ2v) is 7.37. The molecular formula is C26H19NO2. The largest absolute Gasteiger partial charge is 0.378 e. The van der Waals surface area contributed by atoms with Crippen LogP contribution in [0.2, 0.25) is 0 Å². The topological polar surface area (TPSA) is 46.2 Å². The highest BCUT2D eigenvalue weighted by molar-refractivity contribution is 6.30. The van der Waals surface area contributed by atoms with Crippen molar-refractivity contribution in [1.82, 2.24) is 0 Å². The molecule has 0 radical (unpaired) electrons. The normalized spacial score (nSPS) is 13.7. The van der Waals surface area contributed by atoms with Crippen molar-refractivity contribution in [1.29, 1.82) is 0 Å². The summed E-state index contributed by atoms with van der Waals surface area (Å²) in [5.41, 5.74) is 3.71. The SMILES string of the molecule is C[C@H](Nc1cccc2c1C(=O)c1ccccc1C2=O)c1cccc2ccccc12. The van der Waals surface area contributed by atoms with Crippen LogP contribution in [0.1, 0.15) is 50.4 Å². The first-order valence-corrected chi connectivity index (χ1v) is 9.71. The standard InChI is InChI=1S/C26H19NO2/c1-16(18-13-6-9-17-8-2-3-10-19(17)18)27-23-15-7-14-22-24(23)26(29)21-12-5-4-11-20(21)25(22)28/h2-16,27H,1H3/t16-/m0/s1. The van der Waals surface area contributed by atoms with E-state index in [2.05, 4.69) is 36.5 Å². The van der Waals surface area contributed by atoms with Crippen molar-refractivity contribution in [3.8, 4) is 0 Å². The molecule has 0 spiro atoms. The minimum atomic E-state index is -0.108. The average Bonchev–Trinajstić information content (AvgIpc) is 2.77. The number of carbonyl (C=O) groups excluding carboxylic acids is 2. The van der Waals surface area contributed by atoms with Crippen molar-refractivity contribution in [2.45, 2.75) is 13.0 Å². The van der Waals surface area contributed by atoms with Crippen LogP contribution >= 0.6 is 0 Å². The van der Waals surface area contributed by atoms with E-state index >= 15 is 0 Å². The van der Waals surface area contributed by atoms with Gasteiger partial charge in [-0.3, -0.25) is 9.59 Å². The second kappa shape index (κ2) is 6.71. The van der Waals surface area contributed by atoms with Gasteiger partial charge in [-0.1, -0.05) is 78.9 Å². The monoisotopic (exact) mass is 377 g/mol. The zero-order valence-electron chi connectivity index (χ0n) is 16.0. The first kappa shape index (κ1) is 17.4. The molecule has 0 unspecified atom stereocenters. The molecule has 1 aliphatic carbocycles. The summed E-state index contributed by atoms with van der Waals surface area (Å²) in [6.07, 6.45) is 0. The van der Waals surface area contributed by atoms with Crippen LogP contribution in [-0.2, 0) is 0 Å². The van der Waals surface area contributed by atoms with E-state index < -0.39 is 0 Å². The van der Waals surface area contributed by atoms with Crippen LogP contribution in [0.25, 0.3) is 10.8 Å². The molecule has 140 valence electrons. The van der Waals surface area contributed by atoms with Crippen molar-refractivity contribution in [3.63, 3.8) is 0 Å². The van der Waals surface area contributed by atoms with E-state index in [4.69, 9.17) is 0 Å². The average molecular weight is 377 g/mol. The molecule has 1 aliphatic rings. The summed E-state index contributed by atoms with van der Waals surface area (Å²) in [6, 6.07) is 26.9. The van der Waals surface area contributed by atoms with Gasteiger partial charge in [0.15, 0.2) is 11.6 Å². The van der Waals surface area contributed by atoms with Gasteiger partial charge in [0.05, 0.1) is 5.56 Å². The molecule has 0 saturated carbocycles. The van der Waals surface area contributed by atoms with Gasteiger partial charge in [-0.15, -0.1) is 0 Å². The number of nitrogens with one attached hydrogen (secondary N) is 1. The zero-order chi connectivity index (χ0) is 20.0. The Morgan fingerprint density at radius 1 is 0.655 bits per heavy atom. The number of benzene rings is 4. The van der Waals surface area contributed by atoms with Gasteiger partial charge in [-0.25, -0.2) is 0 Å². The Morgan fingerprint density at radius 3 is 2.10 bits per heavy atom. The number of ketones is 2. The van der Waals surface area contributed by atoms with E-state index in [1.54, 1.807) is 30.3 Å². The summed E-state index contributed by atoms with van der Waals surface area (Å²) in [7, 11) is 0. The first-order valence-electron chi connectivity index (χ1n) is 9.71. The molecule has 4 aromatic carbocycles. The molecule has 0 heterocycles. The summed E-state index contributed by atoms with van der Waals surface area (Å²) in [5.74, 6) is -0.208. The van der Waals surface area contributed by atoms with Gasteiger partial charge in [-0.2, -0.15) is 0 Å². The lowest BCUT2D eigenvalue weighted by atomic mass is 9.83. The third kappa shape index (κ3) is 2.74. The molecule has 1 N–H and O–H groups in total. The number of hydrogen-bond acceptors (Lipinski definition) is 3. The molecule has 0 amide bonds. The lowest BCUT2D eigenvalue weighted by Gasteiger charge is -2.24. The van der Waals surface area contributed by atoms with Crippen LogP contribution in [-0.4, -0.2) is 11.6 Å². The number of carbonyl (C=O) groups is 2. The number of anilines is 1. The molecule has 0 fully saturated rings. The summed E-state index contributed by atoms with van der Waals surface area (Å²) < 4.78 is 0. The maximum Gasteiger partial charge on any atom is 0.196 e. The lowest BCUT2D eigenvalue weighted by molar-refractivity contribution is 0.0979. The first-order chi connectivity index (χ1) is 14.1. The molecule has 3 heteroatoms. The lowest BCUT2D eigenvalue weighted by Crippen LogP contribution is -2.23. The smallest absolute Gasteiger partial charge is 0.196 e. The summed E-state index contributed by atoms with van der Waals surface area (Å²) in [5, 5.41) is 5.84. The van der Waals surface area contributed by atoms with Crippen LogP contribution in [0, 0.1) is 0 Å². The highest BCUT2D eigenvalue weighted by atomic mass is 16.1. The summed E-state index contributed by atoms with van der Waals surface area (Å²) >= 11 is 0. The highest BCUT2D eigenvalue weighted by Crippen LogP contribution is 2.34. The van der Waals surface area contributed by atoms with E-state index in [1.165, 1.54) is 10.8 Å². The van der Waals surface area contributed by atoms with Crippen LogP contribution in [0.3, 0.4) is 0 Å². The Morgan fingerprint density at radius 2 is 1.28 bits per heavy atom. The van der Waals surface area contributed by atoms with E-state index in [0.717, 1.165) is 5.56 Å². The van der Waals surface area contributed by atoms with E-state index in [1.807, 2.05) is 30.3 Å². The van der Waals surface area contributed by atoms with Gasteiger partial charge in [0.1, 0.15) is 0 Å². The van der Waals surface area contributed by atoms with Gasteiger partial charge < -0.3 is 5.32 Å². The third-order valence-corrected chi connectivity index (χ3v) is 5.61. The van der Waals surface area contributed by atoms with Crippen LogP contribution in [0.4, 0.5) is 5.69 Å². The Hall–Kier alpha value is -3.72. The fourth-order valence-corrected chi connectivity index (χ4v) is 4.20. The van der Waals surface area contributed by atoms with Crippen molar-refractivity contribution in [3.05, 3.63) is 113 Å². The van der Waals surface area contributed by atoms with Crippen LogP contribution in [0.15, 0.2) is 84.9 Å². The predicted molar refractivity (Wildman–Crippen MR) is 116 cm³/mol. The minimum absolute atomic E-state index is 0.0346. The van der Waals surface area contributed by atoms with Crippen molar-refractivity contribution < 1.29 is 9.59 Å². The third-order valence-electron chi connectivity index (χ3n) is 5.61. The Kier molecular flexibility index (Phi) is 4.02. The van der Waals surface area contributed by atoms with Crippen molar-refractivity contribution in [2.24, 2.45) is 0 Å². The second-order valence-electron chi connectivity index (χ2n) is 7.37. The Bertz CT molecular complexity index is 1280. The molecule has 0 bridgehead atoms. The fraction of sp³-hybridized carbons (Fsp3) is 0.0769. The number of rotatable bonds is 3. The Balaban J connectivity index is 1.58. The van der Waals surface area contributed by atoms with Gasteiger partial charge in [0, 0.05) is 28.4 Å². The molecule has 0 saturated heterocycles. The quantitative estimate of drug-likeness (QED) is 0.433. The van der Waals surface area contributed by atoms with Gasteiger partial charge in [0.25, 0.3) is 0 Å².